The number of rotatable bonds is 3. The van der Waals surface area contributed by atoms with Gasteiger partial charge in [0.05, 0.1) is 24.3 Å². The Balaban J connectivity index is 1.70. The summed E-state index contributed by atoms with van der Waals surface area (Å²) >= 11 is 0. The van der Waals surface area contributed by atoms with Crippen molar-refractivity contribution >= 4 is 17.5 Å². The summed E-state index contributed by atoms with van der Waals surface area (Å²) < 4.78 is 1.99. The third-order valence-electron chi connectivity index (χ3n) is 4.69. The summed E-state index contributed by atoms with van der Waals surface area (Å²) in [5.41, 5.74) is 1.61. The summed E-state index contributed by atoms with van der Waals surface area (Å²) in [5.74, 6) is 0.860. The Bertz CT molecular complexity index is 789. The molecule has 3 heterocycles. The first kappa shape index (κ1) is 18.2. The van der Waals surface area contributed by atoms with Crippen LogP contribution >= 0.6 is 0 Å². The van der Waals surface area contributed by atoms with E-state index in [0.29, 0.717) is 13.1 Å². The highest BCUT2D eigenvalue weighted by atomic mass is 16.2. The van der Waals surface area contributed by atoms with Gasteiger partial charge < -0.3 is 19.5 Å². The molecule has 7 heteroatoms. The number of hydrogen-bond donors (Lipinski definition) is 1. The summed E-state index contributed by atoms with van der Waals surface area (Å²) in [7, 11) is 1.75. The minimum Gasteiger partial charge on any atom is -0.351 e. The standard InChI is InChI=1S/C19H28N6O/c1-14(2)25-17(26)12-24(13-19(25,3)4)18(20-5)21-10-15-11-23-9-7-6-8-16(23)22-15/h6-9,11,14H,10,12-13H2,1-5H3,(H,20,21). The number of aromatic nitrogens is 2. The van der Waals surface area contributed by atoms with Crippen molar-refractivity contribution in [3.8, 4) is 0 Å². The first-order chi connectivity index (χ1) is 12.3. The van der Waals surface area contributed by atoms with E-state index in [2.05, 4.69) is 43.0 Å². The first-order valence-electron chi connectivity index (χ1n) is 9.02. The van der Waals surface area contributed by atoms with Gasteiger partial charge in [-0.3, -0.25) is 9.79 Å². The smallest absolute Gasteiger partial charge is 0.242 e. The highest BCUT2D eigenvalue weighted by Gasteiger charge is 2.40. The van der Waals surface area contributed by atoms with Crippen LogP contribution in [0.4, 0.5) is 0 Å². The van der Waals surface area contributed by atoms with Gasteiger partial charge in [0.2, 0.25) is 5.91 Å². The second-order valence-electron chi connectivity index (χ2n) is 7.63. The Morgan fingerprint density at radius 2 is 2.15 bits per heavy atom. The zero-order chi connectivity index (χ0) is 18.9. The predicted molar refractivity (Wildman–Crippen MR) is 103 cm³/mol. The first-order valence-corrected chi connectivity index (χ1v) is 9.02. The molecular weight excluding hydrogens is 328 g/mol. The molecule has 3 rings (SSSR count). The Hall–Kier alpha value is -2.57. The lowest BCUT2D eigenvalue weighted by Gasteiger charge is -2.49. The molecule has 0 spiro atoms. The maximum atomic E-state index is 12.7. The van der Waals surface area contributed by atoms with Crippen molar-refractivity contribution in [2.45, 2.75) is 45.8 Å². The van der Waals surface area contributed by atoms with Crippen molar-refractivity contribution < 1.29 is 4.79 Å². The van der Waals surface area contributed by atoms with Crippen molar-refractivity contribution in [2.24, 2.45) is 4.99 Å². The Kier molecular flexibility index (Phi) is 4.89. The molecule has 0 unspecified atom stereocenters. The third-order valence-corrected chi connectivity index (χ3v) is 4.69. The van der Waals surface area contributed by atoms with Crippen molar-refractivity contribution in [1.29, 1.82) is 0 Å². The highest BCUT2D eigenvalue weighted by molar-refractivity contribution is 5.88. The molecule has 2 aromatic heterocycles. The number of pyridine rings is 1. The molecule has 0 radical (unpaired) electrons. The van der Waals surface area contributed by atoms with Gasteiger partial charge in [-0.2, -0.15) is 0 Å². The summed E-state index contributed by atoms with van der Waals surface area (Å²) in [6, 6.07) is 6.12. The zero-order valence-corrected chi connectivity index (χ0v) is 16.2. The molecule has 26 heavy (non-hydrogen) atoms. The van der Waals surface area contributed by atoms with Crippen LogP contribution in [0.5, 0.6) is 0 Å². The van der Waals surface area contributed by atoms with E-state index in [1.165, 1.54) is 0 Å². The largest absolute Gasteiger partial charge is 0.351 e. The fraction of sp³-hybridized carbons (Fsp3) is 0.526. The van der Waals surface area contributed by atoms with Crippen LogP contribution in [0.1, 0.15) is 33.4 Å². The number of aliphatic imine (C=N–C) groups is 1. The van der Waals surface area contributed by atoms with Crippen molar-refractivity contribution in [3.05, 3.63) is 36.3 Å². The van der Waals surface area contributed by atoms with Gasteiger partial charge in [0.25, 0.3) is 0 Å². The lowest BCUT2D eigenvalue weighted by Crippen LogP contribution is -2.66. The molecule has 1 amide bonds. The Labute approximate surface area is 154 Å². The van der Waals surface area contributed by atoms with E-state index in [9.17, 15) is 4.79 Å². The molecule has 1 aliphatic rings. The van der Waals surface area contributed by atoms with Gasteiger partial charge in [-0.05, 0) is 39.8 Å². The van der Waals surface area contributed by atoms with Crippen LogP contribution in [-0.4, -0.2) is 62.8 Å². The van der Waals surface area contributed by atoms with Gasteiger partial charge in [0, 0.05) is 32.0 Å². The van der Waals surface area contributed by atoms with Crippen LogP contribution in [0, 0.1) is 0 Å². The van der Waals surface area contributed by atoms with Crippen LogP contribution in [0.15, 0.2) is 35.6 Å². The van der Waals surface area contributed by atoms with Crippen LogP contribution in [0.3, 0.4) is 0 Å². The van der Waals surface area contributed by atoms with E-state index in [0.717, 1.165) is 23.8 Å². The molecule has 0 atom stereocenters. The highest BCUT2D eigenvalue weighted by Crippen LogP contribution is 2.24. The monoisotopic (exact) mass is 356 g/mol. The van der Waals surface area contributed by atoms with E-state index in [1.807, 2.05) is 44.8 Å². The minimum atomic E-state index is -0.246. The van der Waals surface area contributed by atoms with Crippen LogP contribution in [0.25, 0.3) is 5.65 Å². The SMILES string of the molecule is CN=C(NCc1cn2ccccc2n1)N1CC(=O)N(C(C)C)C(C)(C)C1. The zero-order valence-electron chi connectivity index (χ0n) is 16.2. The molecular formula is C19H28N6O. The molecule has 140 valence electrons. The van der Waals surface area contributed by atoms with Crippen LogP contribution in [0.2, 0.25) is 0 Å². The van der Waals surface area contributed by atoms with Gasteiger partial charge in [-0.15, -0.1) is 0 Å². The minimum absolute atomic E-state index is 0.131. The van der Waals surface area contributed by atoms with E-state index < -0.39 is 0 Å². The lowest BCUT2D eigenvalue weighted by molar-refractivity contribution is -0.145. The molecule has 0 aromatic carbocycles. The summed E-state index contributed by atoms with van der Waals surface area (Å²) in [4.78, 5) is 25.6. The summed E-state index contributed by atoms with van der Waals surface area (Å²) in [6.07, 6.45) is 3.98. The van der Waals surface area contributed by atoms with E-state index in [-0.39, 0.29) is 17.5 Å². The Morgan fingerprint density at radius 3 is 2.77 bits per heavy atom. The predicted octanol–water partition coefficient (Wildman–Crippen LogP) is 1.74. The number of carbonyl (C=O) groups is 1. The number of piperazine rings is 1. The van der Waals surface area contributed by atoms with Gasteiger partial charge in [-0.1, -0.05) is 6.07 Å². The summed E-state index contributed by atoms with van der Waals surface area (Å²) in [6.45, 7) is 9.97. The number of hydrogen-bond acceptors (Lipinski definition) is 3. The molecule has 1 fully saturated rings. The number of guanidine groups is 1. The van der Waals surface area contributed by atoms with Gasteiger partial charge in [0.1, 0.15) is 5.65 Å². The average molecular weight is 356 g/mol. The topological polar surface area (TPSA) is 65.2 Å². The normalized spacial score (nSPS) is 18.1. The fourth-order valence-corrected chi connectivity index (χ4v) is 3.89. The molecule has 1 aliphatic heterocycles. The average Bonchev–Trinajstić information content (AvgIpc) is 2.96. The molecule has 0 aliphatic carbocycles. The van der Waals surface area contributed by atoms with Gasteiger partial charge in [0.15, 0.2) is 5.96 Å². The molecule has 7 nitrogen and oxygen atoms in total. The molecule has 1 N–H and O–H groups in total. The van der Waals surface area contributed by atoms with E-state index in [1.54, 1.807) is 7.05 Å². The van der Waals surface area contributed by atoms with E-state index in [4.69, 9.17) is 0 Å². The van der Waals surface area contributed by atoms with Crippen LogP contribution < -0.4 is 5.32 Å². The number of amides is 1. The number of nitrogens with zero attached hydrogens (tertiary/aromatic N) is 5. The molecule has 0 saturated carbocycles. The van der Waals surface area contributed by atoms with Crippen molar-refractivity contribution in [1.82, 2.24) is 24.5 Å². The second kappa shape index (κ2) is 6.97. The molecule has 2 aromatic rings. The van der Waals surface area contributed by atoms with Crippen molar-refractivity contribution in [3.63, 3.8) is 0 Å². The number of fused-ring (bicyclic) bond motifs is 1. The quantitative estimate of drug-likeness (QED) is 0.672. The van der Waals surface area contributed by atoms with Crippen LogP contribution in [-0.2, 0) is 11.3 Å². The Morgan fingerprint density at radius 1 is 1.38 bits per heavy atom. The second-order valence-corrected chi connectivity index (χ2v) is 7.63. The third kappa shape index (κ3) is 3.52. The maximum absolute atomic E-state index is 12.7. The molecule has 1 saturated heterocycles. The van der Waals surface area contributed by atoms with Gasteiger partial charge >= 0.3 is 0 Å². The van der Waals surface area contributed by atoms with Gasteiger partial charge in [-0.25, -0.2) is 4.98 Å². The van der Waals surface area contributed by atoms with E-state index >= 15 is 0 Å². The maximum Gasteiger partial charge on any atom is 0.242 e. The van der Waals surface area contributed by atoms with Crippen molar-refractivity contribution in [2.75, 3.05) is 20.1 Å². The molecule has 0 bridgehead atoms. The fourth-order valence-electron chi connectivity index (χ4n) is 3.89. The number of carbonyl (C=O) groups excluding carboxylic acids is 1. The number of nitrogens with one attached hydrogen (secondary N) is 1. The summed E-state index contributed by atoms with van der Waals surface area (Å²) in [5, 5.41) is 3.35. The number of imidazole rings is 1. The lowest BCUT2D eigenvalue weighted by atomic mass is 9.96.